The van der Waals surface area contributed by atoms with Gasteiger partial charge in [-0.15, -0.1) is 0 Å². The van der Waals surface area contributed by atoms with Gasteiger partial charge < -0.3 is 15.0 Å². The van der Waals surface area contributed by atoms with Crippen LogP contribution < -0.4 is 5.32 Å². The number of ether oxygens (including phenoxy) is 1. The molecule has 6 nitrogen and oxygen atoms in total. The molecule has 2 aliphatic heterocycles. The molecule has 6 heteroatoms. The van der Waals surface area contributed by atoms with Crippen molar-refractivity contribution < 1.29 is 14.3 Å². The van der Waals surface area contributed by atoms with Crippen LogP contribution in [0.5, 0.6) is 0 Å². The highest BCUT2D eigenvalue weighted by Crippen LogP contribution is 2.15. The molecule has 0 spiro atoms. The van der Waals surface area contributed by atoms with E-state index in [4.69, 9.17) is 4.74 Å². The van der Waals surface area contributed by atoms with Crippen LogP contribution in [0, 0.1) is 0 Å². The van der Waals surface area contributed by atoms with Gasteiger partial charge in [-0.3, -0.25) is 9.69 Å². The summed E-state index contributed by atoms with van der Waals surface area (Å²) >= 11 is 0. The summed E-state index contributed by atoms with van der Waals surface area (Å²) in [6.45, 7) is 6.78. The highest BCUT2D eigenvalue weighted by atomic mass is 16.5. The number of nitrogens with one attached hydrogen (secondary N) is 1. The van der Waals surface area contributed by atoms with Gasteiger partial charge in [0.2, 0.25) is 0 Å². The number of rotatable bonds is 4. The highest BCUT2D eigenvalue weighted by molar-refractivity contribution is 5.95. The molecule has 0 saturated carbocycles. The largest absolute Gasteiger partial charge is 0.377 e. The molecule has 2 aliphatic rings. The van der Waals surface area contributed by atoms with Crippen molar-refractivity contribution in [2.45, 2.75) is 32.3 Å². The number of carbonyl (C=O) groups is 2. The van der Waals surface area contributed by atoms with Gasteiger partial charge in [-0.05, 0) is 57.0 Å². The number of Topliss-reactive ketones (excluding diaryl/α,β-unsaturated/α-hetero) is 1. The molecule has 1 N–H and O–H groups in total. The molecule has 136 valence electrons. The fourth-order valence-electron chi connectivity index (χ4n) is 3.42. The lowest BCUT2D eigenvalue weighted by molar-refractivity contribution is 0.0747. The summed E-state index contributed by atoms with van der Waals surface area (Å²) < 4.78 is 5.72. The smallest absolute Gasteiger partial charge is 0.321 e. The van der Waals surface area contributed by atoms with E-state index in [2.05, 4.69) is 10.2 Å². The predicted octanol–water partition coefficient (Wildman–Crippen LogP) is 2.61. The summed E-state index contributed by atoms with van der Waals surface area (Å²) in [5.74, 6) is 0.0247. The Morgan fingerprint density at radius 2 is 1.92 bits per heavy atom. The predicted molar refractivity (Wildman–Crippen MR) is 97.1 cm³/mol. The molecular weight excluding hydrogens is 318 g/mol. The van der Waals surface area contributed by atoms with Crippen LogP contribution in [0.25, 0.3) is 0 Å². The van der Waals surface area contributed by atoms with Gasteiger partial charge in [0, 0.05) is 44.0 Å². The summed E-state index contributed by atoms with van der Waals surface area (Å²) in [6.07, 6.45) is 3.65. The van der Waals surface area contributed by atoms with E-state index in [1.54, 1.807) is 24.3 Å². The molecule has 0 radical (unpaired) electrons. The molecular formula is C19H27N3O3. The van der Waals surface area contributed by atoms with Gasteiger partial charge in [0.05, 0.1) is 6.10 Å². The number of hydrogen-bond acceptors (Lipinski definition) is 4. The third-order valence-corrected chi connectivity index (χ3v) is 4.90. The number of benzene rings is 1. The van der Waals surface area contributed by atoms with E-state index in [9.17, 15) is 9.59 Å². The average Bonchev–Trinajstić information content (AvgIpc) is 2.99. The number of urea groups is 1. The fraction of sp³-hybridized carbons (Fsp3) is 0.579. The topological polar surface area (TPSA) is 61.9 Å². The summed E-state index contributed by atoms with van der Waals surface area (Å²) in [4.78, 5) is 28.1. The Bertz CT molecular complexity index is 596. The molecule has 0 bridgehead atoms. The lowest BCUT2D eigenvalue weighted by atomic mass is 10.1. The Hall–Kier alpha value is -1.92. The summed E-state index contributed by atoms with van der Waals surface area (Å²) in [7, 11) is 0. The zero-order valence-electron chi connectivity index (χ0n) is 14.9. The molecule has 0 aromatic heterocycles. The maximum atomic E-state index is 12.5. The van der Waals surface area contributed by atoms with Crippen molar-refractivity contribution in [2.24, 2.45) is 0 Å². The maximum Gasteiger partial charge on any atom is 0.321 e. The minimum Gasteiger partial charge on any atom is -0.377 e. The fourth-order valence-corrected chi connectivity index (χ4v) is 3.42. The van der Waals surface area contributed by atoms with Crippen molar-refractivity contribution in [3.8, 4) is 0 Å². The third kappa shape index (κ3) is 5.03. The van der Waals surface area contributed by atoms with Crippen molar-refractivity contribution in [3.05, 3.63) is 29.8 Å². The van der Waals surface area contributed by atoms with Crippen LogP contribution in [0.4, 0.5) is 10.5 Å². The first-order valence-electron chi connectivity index (χ1n) is 9.13. The molecule has 2 amide bonds. The standard InChI is InChI=1S/C19H27N3O3/c1-15(23)16-5-7-17(8-6-16)20-19(24)22-10-3-9-21(11-12-22)14-18-4-2-13-25-18/h5-8,18H,2-4,9-14H2,1H3,(H,20,24)/t18-/m0/s1. The van der Waals surface area contributed by atoms with Crippen LogP contribution in [0.15, 0.2) is 24.3 Å². The number of hydrogen-bond donors (Lipinski definition) is 1. The van der Waals surface area contributed by atoms with Gasteiger partial charge in [0.25, 0.3) is 0 Å². The second-order valence-corrected chi connectivity index (χ2v) is 6.84. The quantitative estimate of drug-likeness (QED) is 0.852. The van der Waals surface area contributed by atoms with Gasteiger partial charge in [0.1, 0.15) is 0 Å². The van der Waals surface area contributed by atoms with Crippen LogP contribution in [0.1, 0.15) is 36.5 Å². The summed E-state index contributed by atoms with van der Waals surface area (Å²) in [5, 5.41) is 2.93. The Kier molecular flexibility index (Phi) is 6.04. The molecule has 0 aliphatic carbocycles. The SMILES string of the molecule is CC(=O)c1ccc(NC(=O)N2CCCN(C[C@@H]3CCCO3)CC2)cc1. The summed E-state index contributed by atoms with van der Waals surface area (Å²) in [5.41, 5.74) is 1.37. The highest BCUT2D eigenvalue weighted by Gasteiger charge is 2.23. The molecule has 25 heavy (non-hydrogen) atoms. The monoisotopic (exact) mass is 345 g/mol. The lowest BCUT2D eigenvalue weighted by Gasteiger charge is -2.24. The molecule has 2 heterocycles. The van der Waals surface area contributed by atoms with E-state index in [0.717, 1.165) is 64.3 Å². The van der Waals surface area contributed by atoms with E-state index in [1.807, 2.05) is 4.90 Å². The molecule has 1 atom stereocenters. The Morgan fingerprint density at radius 3 is 2.60 bits per heavy atom. The molecule has 2 fully saturated rings. The van der Waals surface area contributed by atoms with Crippen LogP contribution in [-0.2, 0) is 4.74 Å². The molecule has 1 aromatic rings. The molecule has 2 saturated heterocycles. The van der Waals surface area contributed by atoms with Crippen LogP contribution in [0.3, 0.4) is 0 Å². The number of carbonyl (C=O) groups excluding carboxylic acids is 2. The minimum atomic E-state index is -0.0745. The number of anilines is 1. The maximum absolute atomic E-state index is 12.5. The first-order chi connectivity index (χ1) is 12.1. The molecule has 3 rings (SSSR count). The molecule has 0 unspecified atom stereocenters. The van der Waals surface area contributed by atoms with Gasteiger partial charge >= 0.3 is 6.03 Å². The Morgan fingerprint density at radius 1 is 1.12 bits per heavy atom. The van der Waals surface area contributed by atoms with Gasteiger partial charge in [-0.1, -0.05) is 0 Å². The van der Waals surface area contributed by atoms with E-state index < -0.39 is 0 Å². The number of ketones is 1. The van der Waals surface area contributed by atoms with Crippen LogP contribution in [0.2, 0.25) is 0 Å². The second kappa shape index (κ2) is 8.45. The van der Waals surface area contributed by atoms with E-state index in [-0.39, 0.29) is 11.8 Å². The summed E-state index contributed by atoms with van der Waals surface area (Å²) in [6, 6.07) is 6.95. The number of amides is 2. The lowest BCUT2D eigenvalue weighted by Crippen LogP contribution is -2.39. The van der Waals surface area contributed by atoms with Crippen molar-refractivity contribution in [1.29, 1.82) is 0 Å². The van der Waals surface area contributed by atoms with E-state index in [0.29, 0.717) is 11.7 Å². The average molecular weight is 345 g/mol. The Labute approximate surface area is 149 Å². The van der Waals surface area contributed by atoms with Gasteiger partial charge in [-0.2, -0.15) is 0 Å². The van der Waals surface area contributed by atoms with Crippen molar-refractivity contribution in [2.75, 3.05) is 44.6 Å². The van der Waals surface area contributed by atoms with Crippen molar-refractivity contribution >= 4 is 17.5 Å². The third-order valence-electron chi connectivity index (χ3n) is 4.90. The zero-order valence-corrected chi connectivity index (χ0v) is 14.9. The minimum absolute atomic E-state index is 0.0247. The van der Waals surface area contributed by atoms with Gasteiger partial charge in [0.15, 0.2) is 5.78 Å². The van der Waals surface area contributed by atoms with E-state index in [1.165, 1.54) is 6.92 Å². The van der Waals surface area contributed by atoms with E-state index >= 15 is 0 Å². The number of nitrogens with zero attached hydrogens (tertiary/aromatic N) is 2. The van der Waals surface area contributed by atoms with Crippen molar-refractivity contribution in [1.82, 2.24) is 9.80 Å². The first-order valence-corrected chi connectivity index (χ1v) is 9.13. The first kappa shape index (κ1) is 17.9. The normalized spacial score (nSPS) is 21.8. The molecule has 1 aromatic carbocycles. The van der Waals surface area contributed by atoms with Crippen LogP contribution >= 0.6 is 0 Å². The Balaban J connectivity index is 1.49. The van der Waals surface area contributed by atoms with Crippen molar-refractivity contribution in [3.63, 3.8) is 0 Å². The zero-order chi connectivity index (χ0) is 17.6. The second-order valence-electron chi connectivity index (χ2n) is 6.84. The van der Waals surface area contributed by atoms with Gasteiger partial charge in [-0.25, -0.2) is 4.79 Å². The van der Waals surface area contributed by atoms with Crippen LogP contribution in [-0.4, -0.2) is 67.0 Å².